The summed E-state index contributed by atoms with van der Waals surface area (Å²) in [6, 6.07) is 16.3. The van der Waals surface area contributed by atoms with Crippen LogP contribution in [0.4, 0.5) is 17.1 Å². The minimum Gasteiger partial charge on any atom is -0.356 e. The molecule has 0 aromatic heterocycles. The van der Waals surface area contributed by atoms with Crippen molar-refractivity contribution in [1.29, 1.82) is 0 Å². The molecule has 0 bridgehead atoms. The Morgan fingerprint density at radius 2 is 1.89 bits per heavy atom. The molecule has 2 aromatic rings. The van der Waals surface area contributed by atoms with Gasteiger partial charge in [-0.25, -0.2) is 0 Å². The molecule has 3 heteroatoms. The fraction of sp³-hybridized carbons (Fsp3) is 0.188. The van der Waals surface area contributed by atoms with E-state index < -0.39 is 0 Å². The van der Waals surface area contributed by atoms with Gasteiger partial charge in [0.2, 0.25) is 5.91 Å². The molecule has 1 aliphatic rings. The van der Waals surface area contributed by atoms with Crippen molar-refractivity contribution < 1.29 is 4.79 Å². The zero-order chi connectivity index (χ0) is 13.2. The first-order chi connectivity index (χ1) is 9.24. The number of anilines is 3. The van der Waals surface area contributed by atoms with Gasteiger partial charge >= 0.3 is 0 Å². The van der Waals surface area contributed by atoms with E-state index in [1.807, 2.05) is 47.4 Å². The number of nitrogens with zero attached hydrogens (tertiary/aromatic N) is 1. The molecule has 3 nitrogen and oxygen atoms in total. The van der Waals surface area contributed by atoms with Crippen molar-refractivity contribution in [2.75, 3.05) is 16.8 Å². The molecule has 1 N–H and O–H groups in total. The van der Waals surface area contributed by atoms with Gasteiger partial charge in [-0.05, 0) is 42.3 Å². The third-order valence-electron chi connectivity index (χ3n) is 3.42. The predicted octanol–water partition coefficient (Wildman–Crippen LogP) is 3.34. The Balaban J connectivity index is 1.85. The van der Waals surface area contributed by atoms with Gasteiger partial charge in [-0.3, -0.25) is 4.79 Å². The number of carbonyl (C=O) groups excluding carboxylic acids is 1. The van der Waals surface area contributed by atoms with Crippen LogP contribution in [-0.4, -0.2) is 12.5 Å². The number of carbonyl (C=O) groups is 1. The fourth-order valence-electron chi connectivity index (χ4n) is 2.49. The summed E-state index contributed by atoms with van der Waals surface area (Å²) in [5.41, 5.74) is 4.42. The molecule has 19 heavy (non-hydrogen) atoms. The zero-order valence-corrected chi connectivity index (χ0v) is 10.9. The molecule has 3 rings (SSSR count). The molecule has 0 spiro atoms. The van der Waals surface area contributed by atoms with Crippen molar-refractivity contribution in [2.24, 2.45) is 0 Å². The molecule has 2 aromatic carbocycles. The van der Waals surface area contributed by atoms with Gasteiger partial charge in [-0.1, -0.05) is 18.2 Å². The predicted molar refractivity (Wildman–Crippen MR) is 77.9 cm³/mol. The molecule has 0 unspecified atom stereocenters. The van der Waals surface area contributed by atoms with Crippen LogP contribution < -0.4 is 10.2 Å². The number of amides is 1. The maximum Gasteiger partial charge on any atom is 0.223 e. The van der Waals surface area contributed by atoms with E-state index in [-0.39, 0.29) is 5.91 Å². The monoisotopic (exact) mass is 252 g/mol. The third kappa shape index (κ3) is 2.32. The first-order valence-electron chi connectivity index (χ1n) is 6.47. The Hall–Kier alpha value is -2.29. The van der Waals surface area contributed by atoms with E-state index in [1.54, 1.807) is 6.92 Å². The van der Waals surface area contributed by atoms with Crippen LogP contribution in [0.15, 0.2) is 48.5 Å². The lowest BCUT2D eigenvalue weighted by atomic mass is 10.1. The molecule has 0 radical (unpaired) electrons. The summed E-state index contributed by atoms with van der Waals surface area (Å²) in [6.45, 7) is 2.41. The van der Waals surface area contributed by atoms with Gasteiger partial charge in [0.05, 0.1) is 0 Å². The summed E-state index contributed by atoms with van der Waals surface area (Å²) in [5.74, 6) is 0.113. The van der Waals surface area contributed by atoms with Crippen LogP contribution in [0.5, 0.6) is 0 Å². The van der Waals surface area contributed by atoms with Crippen molar-refractivity contribution in [3.63, 3.8) is 0 Å². The van der Waals surface area contributed by atoms with E-state index >= 15 is 0 Å². The Kier molecular flexibility index (Phi) is 2.95. The first kappa shape index (κ1) is 11.8. The van der Waals surface area contributed by atoms with Crippen molar-refractivity contribution in [2.45, 2.75) is 13.3 Å². The summed E-state index contributed by atoms with van der Waals surface area (Å²) < 4.78 is 0. The Morgan fingerprint density at radius 1 is 1.11 bits per heavy atom. The first-order valence-corrected chi connectivity index (χ1v) is 6.47. The smallest absolute Gasteiger partial charge is 0.223 e. The molecule has 0 atom stereocenters. The van der Waals surface area contributed by atoms with Gasteiger partial charge in [0.25, 0.3) is 0 Å². The molecular weight excluding hydrogens is 236 g/mol. The fourth-order valence-corrected chi connectivity index (χ4v) is 2.49. The van der Waals surface area contributed by atoms with E-state index in [1.165, 1.54) is 5.56 Å². The van der Waals surface area contributed by atoms with Crippen LogP contribution in [0.2, 0.25) is 0 Å². The van der Waals surface area contributed by atoms with E-state index in [2.05, 4.69) is 11.4 Å². The third-order valence-corrected chi connectivity index (χ3v) is 3.42. The molecule has 1 heterocycles. The van der Waals surface area contributed by atoms with Gasteiger partial charge < -0.3 is 10.2 Å². The van der Waals surface area contributed by atoms with Crippen LogP contribution in [0.1, 0.15) is 12.5 Å². The van der Waals surface area contributed by atoms with Gasteiger partial charge in [0, 0.05) is 30.5 Å². The number of para-hydroxylation sites is 1. The van der Waals surface area contributed by atoms with E-state index in [0.717, 1.165) is 30.0 Å². The molecular formula is C16H16N2O. The van der Waals surface area contributed by atoms with Crippen LogP contribution in [0, 0.1) is 0 Å². The zero-order valence-electron chi connectivity index (χ0n) is 10.9. The molecule has 96 valence electrons. The maximum atomic E-state index is 11.5. The summed E-state index contributed by atoms with van der Waals surface area (Å²) in [6.07, 6.45) is 0.930. The van der Waals surface area contributed by atoms with Crippen LogP contribution in [0.3, 0.4) is 0 Å². The van der Waals surface area contributed by atoms with Crippen molar-refractivity contribution in [3.05, 3.63) is 54.1 Å². The second kappa shape index (κ2) is 4.76. The van der Waals surface area contributed by atoms with Crippen LogP contribution in [-0.2, 0) is 11.2 Å². The number of hydrogen-bond acceptors (Lipinski definition) is 2. The van der Waals surface area contributed by atoms with Gasteiger partial charge in [-0.15, -0.1) is 0 Å². The normalized spacial score (nSPS) is 13.2. The lowest BCUT2D eigenvalue weighted by Crippen LogP contribution is -2.25. The van der Waals surface area contributed by atoms with E-state index in [9.17, 15) is 4.79 Å². The minimum atomic E-state index is 0.113. The van der Waals surface area contributed by atoms with Gasteiger partial charge in [0.1, 0.15) is 0 Å². The molecule has 0 saturated carbocycles. The Labute approximate surface area is 112 Å². The largest absolute Gasteiger partial charge is 0.356 e. The van der Waals surface area contributed by atoms with Crippen molar-refractivity contribution >= 4 is 23.0 Å². The lowest BCUT2D eigenvalue weighted by Gasteiger charge is -2.15. The quantitative estimate of drug-likeness (QED) is 0.889. The van der Waals surface area contributed by atoms with Crippen molar-refractivity contribution in [1.82, 2.24) is 0 Å². The molecule has 1 amide bonds. The highest BCUT2D eigenvalue weighted by Gasteiger charge is 2.21. The number of nitrogens with one attached hydrogen (secondary N) is 1. The maximum absolute atomic E-state index is 11.5. The Bertz CT molecular complexity index is 607. The average Bonchev–Trinajstić information content (AvgIpc) is 2.83. The summed E-state index contributed by atoms with van der Waals surface area (Å²) in [5, 5.41) is 3.37. The standard InChI is InChI=1S/C16H16N2O/c1-12(19)18-10-9-13-11-15(7-8-16(13)18)17-14-5-3-2-4-6-14/h2-8,11,17H,9-10H2,1H3. The summed E-state index contributed by atoms with van der Waals surface area (Å²) in [7, 11) is 0. The highest BCUT2D eigenvalue weighted by Crippen LogP contribution is 2.31. The van der Waals surface area contributed by atoms with E-state index in [0.29, 0.717) is 0 Å². The lowest BCUT2D eigenvalue weighted by molar-refractivity contribution is -0.116. The topological polar surface area (TPSA) is 32.3 Å². The van der Waals surface area contributed by atoms with E-state index in [4.69, 9.17) is 0 Å². The van der Waals surface area contributed by atoms with Crippen LogP contribution >= 0.6 is 0 Å². The highest BCUT2D eigenvalue weighted by molar-refractivity contribution is 5.94. The van der Waals surface area contributed by atoms with Crippen LogP contribution in [0.25, 0.3) is 0 Å². The SMILES string of the molecule is CC(=O)N1CCc2cc(Nc3ccccc3)ccc21. The average molecular weight is 252 g/mol. The summed E-state index contributed by atoms with van der Waals surface area (Å²) >= 11 is 0. The molecule has 0 aliphatic carbocycles. The molecule has 1 aliphatic heterocycles. The number of fused-ring (bicyclic) bond motifs is 1. The van der Waals surface area contributed by atoms with Crippen molar-refractivity contribution in [3.8, 4) is 0 Å². The van der Waals surface area contributed by atoms with Gasteiger partial charge in [0.15, 0.2) is 0 Å². The Morgan fingerprint density at radius 3 is 2.63 bits per heavy atom. The second-order valence-electron chi connectivity index (χ2n) is 4.76. The number of rotatable bonds is 2. The number of benzene rings is 2. The highest BCUT2D eigenvalue weighted by atomic mass is 16.2. The molecule has 0 saturated heterocycles. The molecule has 0 fully saturated rings. The summed E-state index contributed by atoms with van der Waals surface area (Å²) in [4.78, 5) is 13.3. The second-order valence-corrected chi connectivity index (χ2v) is 4.76. The minimum absolute atomic E-state index is 0.113. The number of hydrogen-bond donors (Lipinski definition) is 1. The van der Waals surface area contributed by atoms with Gasteiger partial charge in [-0.2, -0.15) is 0 Å².